The summed E-state index contributed by atoms with van der Waals surface area (Å²) in [6.45, 7) is -0.853. The molecule has 0 aromatic heterocycles. The summed E-state index contributed by atoms with van der Waals surface area (Å²) in [4.78, 5) is 0. The Morgan fingerprint density at radius 3 is 2.88 bits per heavy atom. The molecule has 0 aromatic rings. The fourth-order valence-electron chi connectivity index (χ4n) is 0.685. The minimum atomic E-state index is -0.655. The first kappa shape index (κ1) is 4.73. The maximum Gasteiger partial charge on any atom is 0.106 e. The fourth-order valence-corrected chi connectivity index (χ4v) is 0.685. The number of hydrogen-bond donors (Lipinski definition) is 2. The molecule has 1 fully saturated rings. The minimum absolute atomic E-state index is 0.198. The summed E-state index contributed by atoms with van der Waals surface area (Å²) in [6, 6.07) is 0. The summed E-state index contributed by atoms with van der Waals surface area (Å²) in [5.41, 5.74) is 0. The molecule has 1 rings (SSSR count). The van der Waals surface area contributed by atoms with Crippen LogP contribution in [0.25, 0.3) is 0 Å². The quantitative estimate of drug-likeness (QED) is 0.473. The van der Waals surface area contributed by atoms with Gasteiger partial charge in [0.2, 0.25) is 0 Å². The molecule has 0 amide bonds. The van der Waals surface area contributed by atoms with Crippen molar-refractivity contribution in [2.24, 2.45) is 0 Å². The normalized spacial score (nSPS) is 49.2. The van der Waals surface area contributed by atoms with Crippen molar-refractivity contribution >= 4 is 0 Å². The van der Waals surface area contributed by atoms with Crippen LogP contribution in [0, 0.1) is 0 Å². The van der Waals surface area contributed by atoms with Crippen LogP contribution in [0.1, 0.15) is 7.79 Å². The van der Waals surface area contributed by atoms with E-state index in [-0.39, 0.29) is 6.61 Å². The first-order valence-electron chi connectivity index (χ1n) is 3.18. The van der Waals surface area contributed by atoms with Crippen LogP contribution in [0.15, 0.2) is 0 Å². The molecule has 48 valence electrons. The lowest BCUT2D eigenvalue weighted by Crippen LogP contribution is -2.24. The van der Waals surface area contributed by atoms with E-state index in [1.165, 1.54) is 0 Å². The van der Waals surface area contributed by atoms with E-state index < -0.39 is 18.8 Å². The molecule has 2 N–H and O–H groups in total. The summed E-state index contributed by atoms with van der Waals surface area (Å²) >= 11 is 0. The van der Waals surface area contributed by atoms with Crippen molar-refractivity contribution in [1.29, 1.82) is 0 Å². The molecule has 0 radical (unpaired) electrons. The van der Waals surface area contributed by atoms with E-state index in [2.05, 4.69) is 0 Å². The fraction of sp³-hybridized carbons (Fsp3) is 1.00. The van der Waals surface area contributed by atoms with Gasteiger partial charge in [-0.1, -0.05) is 0 Å². The maximum atomic E-state index is 8.95. The van der Waals surface area contributed by atoms with Gasteiger partial charge in [-0.3, -0.25) is 0 Å². The first-order valence-corrected chi connectivity index (χ1v) is 2.60. The smallest absolute Gasteiger partial charge is 0.106 e. The third-order valence-corrected chi connectivity index (χ3v) is 1.22. The molecule has 1 aliphatic rings. The highest BCUT2D eigenvalue weighted by Gasteiger charge is 2.24. The lowest BCUT2D eigenvalue weighted by Gasteiger charge is -2.07. The molecule has 0 aromatic carbocycles. The second-order valence-corrected chi connectivity index (χ2v) is 1.83. The molecule has 1 saturated heterocycles. The van der Waals surface area contributed by atoms with Crippen molar-refractivity contribution < 1.29 is 16.3 Å². The standard InChI is InChI=1S/C5H10O3/c6-3-5-4(7)1-2-8-5/h4-7H,1-3H2/t4-,5-/m1/s1/i2T/t2?,4-,5-. The van der Waals surface area contributed by atoms with Crippen LogP contribution in [-0.4, -0.2) is 35.6 Å². The molecule has 1 unspecified atom stereocenters. The van der Waals surface area contributed by atoms with Crippen LogP contribution in [0.2, 0.25) is 0 Å². The van der Waals surface area contributed by atoms with Crippen LogP contribution >= 0.6 is 0 Å². The van der Waals surface area contributed by atoms with Gasteiger partial charge in [0, 0.05) is 6.58 Å². The largest absolute Gasteiger partial charge is 0.394 e. The first-order chi connectivity index (χ1) is 4.24. The van der Waals surface area contributed by atoms with Crippen LogP contribution in [0.5, 0.6) is 0 Å². The van der Waals surface area contributed by atoms with Crippen molar-refractivity contribution in [2.75, 3.05) is 13.2 Å². The third-order valence-electron chi connectivity index (χ3n) is 1.22. The number of aliphatic hydroxyl groups is 2. The van der Waals surface area contributed by atoms with E-state index in [0.29, 0.717) is 6.42 Å². The van der Waals surface area contributed by atoms with Gasteiger partial charge < -0.3 is 14.9 Å². The summed E-state index contributed by atoms with van der Waals surface area (Å²) in [7, 11) is 0. The van der Waals surface area contributed by atoms with Crippen molar-refractivity contribution in [3.63, 3.8) is 0 Å². The Labute approximate surface area is 49.3 Å². The molecule has 3 heteroatoms. The molecule has 3 nitrogen and oxygen atoms in total. The Hall–Kier alpha value is -0.120. The van der Waals surface area contributed by atoms with Crippen LogP contribution in [0.4, 0.5) is 0 Å². The van der Waals surface area contributed by atoms with Gasteiger partial charge >= 0.3 is 0 Å². The highest BCUT2D eigenvalue weighted by Crippen LogP contribution is 2.11. The Morgan fingerprint density at radius 1 is 1.88 bits per heavy atom. The Balaban J connectivity index is 2.38. The van der Waals surface area contributed by atoms with Crippen LogP contribution < -0.4 is 0 Å². The van der Waals surface area contributed by atoms with Gasteiger partial charge in [-0.25, -0.2) is 0 Å². The van der Waals surface area contributed by atoms with E-state index in [1.807, 2.05) is 0 Å². The topological polar surface area (TPSA) is 49.7 Å². The van der Waals surface area contributed by atoms with E-state index in [0.717, 1.165) is 0 Å². The summed E-state index contributed by atoms with van der Waals surface area (Å²) < 4.78 is 11.8. The molecule has 8 heavy (non-hydrogen) atoms. The van der Waals surface area contributed by atoms with Crippen LogP contribution in [0.3, 0.4) is 0 Å². The van der Waals surface area contributed by atoms with E-state index in [4.69, 9.17) is 16.3 Å². The van der Waals surface area contributed by atoms with Gasteiger partial charge in [0.05, 0.1) is 14.1 Å². The van der Waals surface area contributed by atoms with E-state index in [1.54, 1.807) is 0 Å². The van der Waals surface area contributed by atoms with Crippen LogP contribution in [-0.2, 0) is 4.74 Å². The average molecular weight is 120 g/mol. The monoisotopic (exact) mass is 120 g/mol. The van der Waals surface area contributed by atoms with Gasteiger partial charge in [-0.2, -0.15) is 0 Å². The highest BCUT2D eigenvalue weighted by atomic mass is 16.5. The van der Waals surface area contributed by atoms with E-state index >= 15 is 0 Å². The Morgan fingerprint density at radius 2 is 2.62 bits per heavy atom. The predicted molar refractivity (Wildman–Crippen MR) is 27.4 cm³/mol. The predicted octanol–water partition coefficient (Wildman–Crippen LogP) is -0.871. The third kappa shape index (κ3) is 0.992. The van der Waals surface area contributed by atoms with Crippen molar-refractivity contribution in [3.8, 4) is 0 Å². The molecule has 1 aliphatic heterocycles. The maximum absolute atomic E-state index is 8.95. The number of aliphatic hydroxyl groups excluding tert-OH is 2. The SMILES string of the molecule is [3H]C1C[C@@H](O)[C@@H](CO)O1. The Kier molecular flexibility index (Phi) is 1.44. The Bertz CT molecular complexity index is 98.2. The lowest BCUT2D eigenvalue weighted by atomic mass is 10.2. The molecule has 1 heterocycles. The molecule has 0 saturated carbocycles. The zero-order valence-electron chi connectivity index (χ0n) is 5.45. The van der Waals surface area contributed by atoms with Gasteiger partial charge in [0.25, 0.3) is 0 Å². The highest BCUT2D eigenvalue weighted by molar-refractivity contribution is 4.73. The molecule has 0 bridgehead atoms. The van der Waals surface area contributed by atoms with Crippen molar-refractivity contribution in [3.05, 3.63) is 0 Å². The second kappa shape index (κ2) is 2.44. The molecular weight excluding hydrogens is 108 g/mol. The van der Waals surface area contributed by atoms with Gasteiger partial charge in [0.15, 0.2) is 0 Å². The zero-order chi connectivity index (χ0) is 6.85. The van der Waals surface area contributed by atoms with Crippen molar-refractivity contribution in [2.45, 2.75) is 18.6 Å². The molecule has 0 spiro atoms. The minimum Gasteiger partial charge on any atom is -0.394 e. The summed E-state index contributed by atoms with van der Waals surface area (Å²) in [6.07, 6.45) is -0.879. The molecular formula is C5H10O3. The number of ether oxygens (including phenoxy) is 1. The average Bonchev–Trinajstić information content (AvgIpc) is 2.10. The second-order valence-electron chi connectivity index (χ2n) is 1.83. The number of rotatable bonds is 1. The molecule has 0 aliphatic carbocycles. The van der Waals surface area contributed by atoms with Gasteiger partial charge in [0.1, 0.15) is 6.10 Å². The summed E-state index contributed by atoms with van der Waals surface area (Å²) in [5, 5.41) is 17.4. The zero-order valence-corrected chi connectivity index (χ0v) is 4.45. The van der Waals surface area contributed by atoms with Crippen molar-refractivity contribution in [1.82, 2.24) is 0 Å². The number of hydrogen-bond acceptors (Lipinski definition) is 3. The van der Waals surface area contributed by atoms with Gasteiger partial charge in [-0.15, -0.1) is 0 Å². The van der Waals surface area contributed by atoms with Gasteiger partial charge in [-0.05, 0) is 6.42 Å². The summed E-state index contributed by atoms with van der Waals surface area (Å²) in [5.74, 6) is 0. The lowest BCUT2D eigenvalue weighted by molar-refractivity contribution is 0.00406. The molecule has 3 atom stereocenters. The van der Waals surface area contributed by atoms with E-state index in [9.17, 15) is 0 Å².